The molecule has 1 fully saturated rings. The molecule has 1 atom stereocenters. The van der Waals surface area contributed by atoms with Gasteiger partial charge in [-0.25, -0.2) is 0 Å². The molecular formula is C24H26N2O2. The molecule has 2 aromatic carbocycles. The Morgan fingerprint density at radius 1 is 1.14 bits per heavy atom. The van der Waals surface area contributed by atoms with Crippen LogP contribution >= 0.6 is 0 Å². The third kappa shape index (κ3) is 4.01. The van der Waals surface area contributed by atoms with Gasteiger partial charge in [0.2, 0.25) is 5.91 Å². The number of carbonyl (C=O) groups is 1. The number of benzene rings is 2. The Labute approximate surface area is 166 Å². The fraction of sp³-hybridized carbons (Fsp3) is 0.333. The van der Waals surface area contributed by atoms with Gasteiger partial charge in [-0.15, -0.1) is 0 Å². The minimum absolute atomic E-state index is 0.0261. The Morgan fingerprint density at radius 2 is 2.00 bits per heavy atom. The van der Waals surface area contributed by atoms with Crippen molar-refractivity contribution in [1.29, 1.82) is 0 Å². The van der Waals surface area contributed by atoms with Crippen LogP contribution in [0.3, 0.4) is 0 Å². The SMILES string of the molecule is Cc1ccc(CCC(=O)N2CCC(Oc3cccc4cccnc34)C2)cc1C. The van der Waals surface area contributed by atoms with E-state index >= 15 is 0 Å². The van der Waals surface area contributed by atoms with Gasteiger partial charge in [0.25, 0.3) is 0 Å². The number of hydrogen-bond donors (Lipinski definition) is 0. The minimum atomic E-state index is 0.0261. The highest BCUT2D eigenvalue weighted by Gasteiger charge is 2.27. The number of fused-ring (bicyclic) bond motifs is 1. The second kappa shape index (κ2) is 8.01. The number of amides is 1. The van der Waals surface area contributed by atoms with E-state index in [1.165, 1.54) is 16.7 Å². The highest BCUT2D eigenvalue weighted by Crippen LogP contribution is 2.26. The van der Waals surface area contributed by atoms with Crippen LogP contribution in [0.15, 0.2) is 54.7 Å². The average molecular weight is 374 g/mol. The van der Waals surface area contributed by atoms with Gasteiger partial charge < -0.3 is 9.64 Å². The van der Waals surface area contributed by atoms with Crippen LogP contribution in [0.4, 0.5) is 0 Å². The first-order chi connectivity index (χ1) is 13.6. The predicted octanol–water partition coefficient (Wildman–Crippen LogP) is 4.46. The van der Waals surface area contributed by atoms with Crippen molar-refractivity contribution in [1.82, 2.24) is 9.88 Å². The molecule has 1 unspecified atom stereocenters. The molecule has 1 amide bonds. The topological polar surface area (TPSA) is 42.4 Å². The van der Waals surface area contributed by atoms with Crippen LogP contribution in [0.5, 0.6) is 5.75 Å². The Morgan fingerprint density at radius 3 is 2.86 bits per heavy atom. The van der Waals surface area contributed by atoms with Crippen molar-refractivity contribution in [3.05, 3.63) is 71.4 Å². The van der Waals surface area contributed by atoms with Gasteiger partial charge in [0, 0.05) is 31.0 Å². The number of carbonyl (C=O) groups excluding carboxylic acids is 1. The van der Waals surface area contributed by atoms with Crippen molar-refractivity contribution in [2.24, 2.45) is 0 Å². The molecule has 1 aliphatic heterocycles. The molecule has 0 spiro atoms. The number of nitrogens with zero attached hydrogens (tertiary/aromatic N) is 2. The molecule has 0 radical (unpaired) electrons. The molecule has 0 saturated carbocycles. The lowest BCUT2D eigenvalue weighted by molar-refractivity contribution is -0.130. The second-order valence-electron chi connectivity index (χ2n) is 7.62. The highest BCUT2D eigenvalue weighted by atomic mass is 16.5. The van der Waals surface area contributed by atoms with Gasteiger partial charge >= 0.3 is 0 Å². The maximum absolute atomic E-state index is 12.6. The summed E-state index contributed by atoms with van der Waals surface area (Å²) in [5, 5.41) is 1.07. The monoisotopic (exact) mass is 374 g/mol. The number of para-hydroxylation sites is 1. The van der Waals surface area contributed by atoms with E-state index in [0.717, 1.165) is 36.0 Å². The lowest BCUT2D eigenvalue weighted by atomic mass is 10.0. The Balaban J connectivity index is 1.34. The Bertz CT molecular complexity index is 994. The van der Waals surface area contributed by atoms with E-state index in [1.54, 1.807) is 6.20 Å². The summed E-state index contributed by atoms with van der Waals surface area (Å²) in [6.07, 6.45) is 4.00. The van der Waals surface area contributed by atoms with E-state index < -0.39 is 0 Å². The number of aryl methyl sites for hydroxylation is 3. The van der Waals surface area contributed by atoms with E-state index in [9.17, 15) is 4.79 Å². The fourth-order valence-electron chi connectivity index (χ4n) is 3.77. The zero-order chi connectivity index (χ0) is 19.5. The lowest BCUT2D eigenvalue weighted by Crippen LogP contribution is -2.31. The summed E-state index contributed by atoms with van der Waals surface area (Å²) >= 11 is 0. The number of ether oxygens (including phenoxy) is 1. The van der Waals surface area contributed by atoms with Crippen LogP contribution in [-0.4, -0.2) is 35.0 Å². The smallest absolute Gasteiger partial charge is 0.223 e. The van der Waals surface area contributed by atoms with Crippen molar-refractivity contribution >= 4 is 16.8 Å². The van der Waals surface area contributed by atoms with Crippen LogP contribution in [-0.2, 0) is 11.2 Å². The van der Waals surface area contributed by atoms with Crippen LogP contribution < -0.4 is 4.74 Å². The van der Waals surface area contributed by atoms with Crippen LogP contribution in [0.2, 0.25) is 0 Å². The third-order valence-electron chi connectivity index (χ3n) is 5.59. The van der Waals surface area contributed by atoms with Crippen LogP contribution in [0.25, 0.3) is 10.9 Å². The Hall–Kier alpha value is -2.88. The van der Waals surface area contributed by atoms with E-state index in [0.29, 0.717) is 13.0 Å². The van der Waals surface area contributed by atoms with Gasteiger partial charge in [-0.2, -0.15) is 0 Å². The quantitative estimate of drug-likeness (QED) is 0.662. The highest BCUT2D eigenvalue weighted by molar-refractivity contribution is 5.84. The van der Waals surface area contributed by atoms with E-state index in [1.807, 2.05) is 35.2 Å². The summed E-state index contributed by atoms with van der Waals surface area (Å²) in [5.41, 5.74) is 4.68. The van der Waals surface area contributed by atoms with Gasteiger partial charge in [0.15, 0.2) is 0 Å². The second-order valence-corrected chi connectivity index (χ2v) is 7.62. The van der Waals surface area contributed by atoms with Crippen molar-refractivity contribution in [2.45, 2.75) is 39.2 Å². The largest absolute Gasteiger partial charge is 0.486 e. The van der Waals surface area contributed by atoms with E-state index in [4.69, 9.17) is 4.74 Å². The van der Waals surface area contributed by atoms with Gasteiger partial charge in [-0.05, 0) is 49.1 Å². The van der Waals surface area contributed by atoms with E-state index in [-0.39, 0.29) is 12.0 Å². The summed E-state index contributed by atoms with van der Waals surface area (Å²) < 4.78 is 6.20. The summed E-state index contributed by atoms with van der Waals surface area (Å²) in [5.74, 6) is 1.01. The van der Waals surface area contributed by atoms with E-state index in [2.05, 4.69) is 37.0 Å². The first-order valence-electron chi connectivity index (χ1n) is 9.94. The zero-order valence-corrected chi connectivity index (χ0v) is 16.5. The predicted molar refractivity (Wildman–Crippen MR) is 112 cm³/mol. The number of hydrogen-bond acceptors (Lipinski definition) is 3. The summed E-state index contributed by atoms with van der Waals surface area (Å²) in [7, 11) is 0. The third-order valence-corrected chi connectivity index (χ3v) is 5.59. The zero-order valence-electron chi connectivity index (χ0n) is 16.5. The maximum Gasteiger partial charge on any atom is 0.223 e. The van der Waals surface area contributed by atoms with Crippen molar-refractivity contribution < 1.29 is 9.53 Å². The number of likely N-dealkylation sites (tertiary alicyclic amines) is 1. The number of aromatic nitrogens is 1. The van der Waals surface area contributed by atoms with Crippen LogP contribution in [0.1, 0.15) is 29.5 Å². The number of rotatable bonds is 5. The standard InChI is InChI=1S/C24H26N2O2/c1-17-8-9-19(15-18(17)2)10-11-23(27)26-14-12-21(16-26)28-22-7-3-5-20-6-4-13-25-24(20)22/h3-9,13,15,21H,10-12,14,16H2,1-2H3. The molecule has 0 bridgehead atoms. The van der Waals surface area contributed by atoms with Gasteiger partial charge in [-0.3, -0.25) is 9.78 Å². The molecule has 28 heavy (non-hydrogen) atoms. The molecule has 1 aromatic heterocycles. The molecule has 2 heterocycles. The molecule has 1 aliphatic rings. The molecule has 4 rings (SSSR count). The van der Waals surface area contributed by atoms with Gasteiger partial charge in [-0.1, -0.05) is 36.4 Å². The van der Waals surface area contributed by atoms with Crippen molar-refractivity contribution in [3.63, 3.8) is 0 Å². The summed E-state index contributed by atoms with van der Waals surface area (Å²) in [6.45, 7) is 5.63. The first kappa shape index (κ1) is 18.5. The summed E-state index contributed by atoms with van der Waals surface area (Å²) in [4.78, 5) is 19.0. The maximum atomic E-state index is 12.6. The molecule has 3 aromatic rings. The van der Waals surface area contributed by atoms with Gasteiger partial charge in [0.1, 0.15) is 17.4 Å². The minimum Gasteiger partial charge on any atom is -0.486 e. The molecule has 0 aliphatic carbocycles. The molecular weight excluding hydrogens is 348 g/mol. The lowest BCUT2D eigenvalue weighted by Gasteiger charge is -2.18. The van der Waals surface area contributed by atoms with Crippen molar-refractivity contribution in [2.75, 3.05) is 13.1 Å². The first-order valence-corrected chi connectivity index (χ1v) is 9.94. The number of pyridine rings is 1. The molecule has 4 nitrogen and oxygen atoms in total. The fourth-order valence-corrected chi connectivity index (χ4v) is 3.77. The molecule has 0 N–H and O–H groups in total. The normalized spacial score (nSPS) is 16.5. The van der Waals surface area contributed by atoms with Gasteiger partial charge in [0.05, 0.1) is 6.54 Å². The average Bonchev–Trinajstić information content (AvgIpc) is 3.18. The Kier molecular flexibility index (Phi) is 5.29. The summed E-state index contributed by atoms with van der Waals surface area (Å²) in [6, 6.07) is 16.4. The van der Waals surface area contributed by atoms with Crippen LogP contribution in [0, 0.1) is 13.8 Å². The molecule has 4 heteroatoms. The molecule has 144 valence electrons. The molecule has 1 saturated heterocycles. The van der Waals surface area contributed by atoms with Crippen molar-refractivity contribution in [3.8, 4) is 5.75 Å².